The Morgan fingerprint density at radius 1 is 1.29 bits per heavy atom. The van der Waals surface area contributed by atoms with E-state index in [0.717, 1.165) is 5.56 Å². The van der Waals surface area contributed by atoms with Gasteiger partial charge in [-0.05, 0) is 31.5 Å². The topological polar surface area (TPSA) is 9.23 Å². The van der Waals surface area contributed by atoms with Gasteiger partial charge in [0.15, 0.2) is 0 Å². The Balaban J connectivity index is 2.81. The van der Waals surface area contributed by atoms with E-state index in [-0.39, 0.29) is 0 Å². The molecule has 0 N–H and O–H groups in total. The minimum absolute atomic E-state index is 0.525. The highest BCUT2D eigenvalue weighted by atomic mass is 35.5. The van der Waals surface area contributed by atoms with Gasteiger partial charge in [0.25, 0.3) is 0 Å². The molecule has 1 nitrogen and oxygen atoms in total. The average Bonchev–Trinajstić information content (AvgIpc) is 2.14. The molecule has 0 amide bonds. The summed E-state index contributed by atoms with van der Waals surface area (Å²) >= 11 is 11.8. The van der Waals surface area contributed by atoms with E-state index in [2.05, 4.69) is 0 Å². The highest BCUT2D eigenvalue weighted by molar-refractivity contribution is 6.35. The Kier molecular flexibility index (Phi) is 4.30. The normalized spacial score (nSPS) is 10.9. The molecule has 0 atom stereocenters. The van der Waals surface area contributed by atoms with Crippen molar-refractivity contribution in [2.45, 2.75) is 13.8 Å². The highest BCUT2D eigenvalue weighted by Crippen LogP contribution is 2.30. The van der Waals surface area contributed by atoms with Crippen molar-refractivity contribution < 1.29 is 4.74 Å². The van der Waals surface area contributed by atoms with Crippen LogP contribution >= 0.6 is 23.2 Å². The Labute approximate surface area is 94.3 Å². The number of benzene rings is 1. The summed E-state index contributed by atoms with van der Waals surface area (Å²) in [5.41, 5.74) is 0.964. The van der Waals surface area contributed by atoms with Crippen molar-refractivity contribution in [3.8, 4) is 5.75 Å². The fourth-order valence-electron chi connectivity index (χ4n) is 0.975. The predicted molar refractivity (Wildman–Crippen MR) is 61.5 cm³/mol. The van der Waals surface area contributed by atoms with E-state index < -0.39 is 0 Å². The molecule has 1 rings (SSSR count). The molecule has 0 aliphatic heterocycles. The van der Waals surface area contributed by atoms with Gasteiger partial charge in [0.05, 0.1) is 5.02 Å². The summed E-state index contributed by atoms with van der Waals surface area (Å²) in [5, 5.41) is 1.21. The number of allylic oxidation sites excluding steroid dienone is 1. The molecule has 1 aromatic carbocycles. The van der Waals surface area contributed by atoms with Crippen molar-refractivity contribution >= 4 is 23.2 Å². The number of hydrogen-bond donors (Lipinski definition) is 0. The summed E-state index contributed by atoms with van der Waals surface area (Å²) in [6, 6.07) is 3.54. The third kappa shape index (κ3) is 2.93. The van der Waals surface area contributed by atoms with E-state index in [0.29, 0.717) is 22.4 Å². The van der Waals surface area contributed by atoms with Gasteiger partial charge in [-0.25, -0.2) is 0 Å². The van der Waals surface area contributed by atoms with Gasteiger partial charge in [-0.15, -0.1) is 0 Å². The molecule has 76 valence electrons. The lowest BCUT2D eigenvalue weighted by Gasteiger charge is -2.07. The summed E-state index contributed by atoms with van der Waals surface area (Å²) < 4.78 is 5.44. The number of hydrogen-bond acceptors (Lipinski definition) is 1. The van der Waals surface area contributed by atoms with Crippen molar-refractivity contribution in [1.82, 2.24) is 0 Å². The summed E-state index contributed by atoms with van der Waals surface area (Å²) in [6.45, 7) is 4.39. The zero-order valence-corrected chi connectivity index (χ0v) is 9.69. The Bertz CT molecular complexity index is 345. The number of halogens is 2. The lowest BCUT2D eigenvalue weighted by atomic mass is 10.2. The van der Waals surface area contributed by atoms with Gasteiger partial charge in [0.1, 0.15) is 12.4 Å². The molecule has 0 aliphatic carbocycles. The monoisotopic (exact) mass is 230 g/mol. The molecular weight excluding hydrogens is 219 g/mol. The van der Waals surface area contributed by atoms with Gasteiger partial charge >= 0.3 is 0 Å². The molecule has 1 aromatic rings. The molecule has 0 heterocycles. The molecule has 0 saturated carbocycles. The van der Waals surface area contributed by atoms with Gasteiger partial charge in [0.2, 0.25) is 0 Å². The molecule has 0 aromatic heterocycles. The average molecular weight is 231 g/mol. The fourth-order valence-corrected chi connectivity index (χ4v) is 1.41. The second-order valence-electron chi connectivity index (χ2n) is 2.91. The Morgan fingerprint density at radius 2 is 2.00 bits per heavy atom. The summed E-state index contributed by atoms with van der Waals surface area (Å²) in [7, 11) is 0. The number of aryl methyl sites for hydroxylation is 1. The smallest absolute Gasteiger partial charge is 0.138 e. The second-order valence-corrected chi connectivity index (χ2v) is 3.73. The van der Waals surface area contributed by atoms with E-state index in [1.54, 1.807) is 6.07 Å². The third-order valence-electron chi connectivity index (χ3n) is 1.78. The van der Waals surface area contributed by atoms with Crippen molar-refractivity contribution in [2.75, 3.05) is 6.61 Å². The molecule has 0 radical (unpaired) electrons. The van der Waals surface area contributed by atoms with Crippen LogP contribution in [0.5, 0.6) is 5.75 Å². The van der Waals surface area contributed by atoms with E-state index >= 15 is 0 Å². The van der Waals surface area contributed by atoms with Gasteiger partial charge in [0, 0.05) is 5.02 Å². The largest absolute Gasteiger partial charge is 0.488 e. The van der Waals surface area contributed by atoms with Crippen molar-refractivity contribution in [3.63, 3.8) is 0 Å². The molecule has 0 aliphatic rings. The van der Waals surface area contributed by atoms with Crippen LogP contribution in [0.3, 0.4) is 0 Å². The molecule has 14 heavy (non-hydrogen) atoms. The van der Waals surface area contributed by atoms with Crippen molar-refractivity contribution in [3.05, 3.63) is 39.9 Å². The predicted octanol–water partition coefficient (Wildman–Crippen LogP) is 4.26. The van der Waals surface area contributed by atoms with Gasteiger partial charge in [-0.1, -0.05) is 35.4 Å². The van der Waals surface area contributed by atoms with Gasteiger partial charge < -0.3 is 4.74 Å². The maximum atomic E-state index is 5.95. The maximum Gasteiger partial charge on any atom is 0.138 e. The first-order chi connectivity index (χ1) is 6.65. The van der Waals surface area contributed by atoms with Crippen LogP contribution in [0.2, 0.25) is 10.0 Å². The standard InChI is InChI=1S/C11H12Cl2O/c1-3-4-5-14-11-6-8(2)9(12)7-10(11)13/h3-4,6-7H,5H2,1-2H3/b4-3-. The summed E-state index contributed by atoms with van der Waals surface area (Å²) in [6.07, 6.45) is 3.84. The quantitative estimate of drug-likeness (QED) is 0.706. The highest BCUT2D eigenvalue weighted by Gasteiger charge is 2.04. The molecule has 0 fully saturated rings. The first-order valence-corrected chi connectivity index (χ1v) is 5.10. The molecule has 0 bridgehead atoms. The summed E-state index contributed by atoms with van der Waals surface area (Å²) in [4.78, 5) is 0. The van der Waals surface area contributed by atoms with Crippen LogP contribution in [0.1, 0.15) is 12.5 Å². The van der Waals surface area contributed by atoms with Crippen LogP contribution < -0.4 is 4.74 Å². The van der Waals surface area contributed by atoms with Crippen LogP contribution in [-0.2, 0) is 0 Å². The van der Waals surface area contributed by atoms with E-state index in [1.165, 1.54) is 0 Å². The SMILES string of the molecule is C/C=C\COc1cc(C)c(Cl)cc1Cl. The first-order valence-electron chi connectivity index (χ1n) is 4.34. The van der Waals surface area contributed by atoms with E-state index in [1.807, 2.05) is 32.1 Å². The third-order valence-corrected chi connectivity index (χ3v) is 2.49. The number of rotatable bonds is 3. The first kappa shape index (κ1) is 11.4. The van der Waals surface area contributed by atoms with Crippen molar-refractivity contribution in [2.24, 2.45) is 0 Å². The Hall–Kier alpha value is -0.660. The molecule has 0 spiro atoms. The van der Waals surface area contributed by atoms with Crippen LogP contribution in [0, 0.1) is 6.92 Å². The lowest BCUT2D eigenvalue weighted by Crippen LogP contribution is -1.94. The maximum absolute atomic E-state index is 5.95. The summed E-state index contributed by atoms with van der Waals surface area (Å²) in [5.74, 6) is 0.673. The zero-order chi connectivity index (χ0) is 10.6. The van der Waals surface area contributed by atoms with Crippen LogP contribution in [-0.4, -0.2) is 6.61 Å². The zero-order valence-electron chi connectivity index (χ0n) is 8.18. The van der Waals surface area contributed by atoms with E-state index in [4.69, 9.17) is 27.9 Å². The second kappa shape index (κ2) is 5.28. The minimum atomic E-state index is 0.525. The van der Waals surface area contributed by atoms with Crippen molar-refractivity contribution in [1.29, 1.82) is 0 Å². The van der Waals surface area contributed by atoms with Crippen LogP contribution in [0.15, 0.2) is 24.3 Å². The molecular formula is C11H12Cl2O. The van der Waals surface area contributed by atoms with Gasteiger partial charge in [-0.2, -0.15) is 0 Å². The molecule has 0 unspecified atom stereocenters. The van der Waals surface area contributed by atoms with Crippen LogP contribution in [0.25, 0.3) is 0 Å². The number of ether oxygens (including phenoxy) is 1. The molecule has 0 saturated heterocycles. The van der Waals surface area contributed by atoms with Crippen LogP contribution in [0.4, 0.5) is 0 Å². The fraction of sp³-hybridized carbons (Fsp3) is 0.273. The minimum Gasteiger partial charge on any atom is -0.488 e. The van der Waals surface area contributed by atoms with E-state index in [9.17, 15) is 0 Å². The lowest BCUT2D eigenvalue weighted by molar-refractivity contribution is 0.362. The Morgan fingerprint density at radius 3 is 2.64 bits per heavy atom. The molecule has 3 heteroatoms. The van der Waals surface area contributed by atoms with Gasteiger partial charge in [-0.3, -0.25) is 0 Å².